The lowest BCUT2D eigenvalue weighted by molar-refractivity contribution is -0.153. The van der Waals surface area contributed by atoms with Crippen LogP contribution in [0.1, 0.15) is 28.9 Å². The number of piperidine rings is 1. The largest absolute Gasteiger partial charge is 0.497 e. The van der Waals surface area contributed by atoms with Crippen LogP contribution in [0.3, 0.4) is 0 Å². The molecule has 2 N–H and O–H groups in total. The Balaban J connectivity index is 1.54. The molecule has 0 bridgehead atoms. The number of aromatic amines is 1. The van der Waals surface area contributed by atoms with E-state index < -0.39 is 5.41 Å². The van der Waals surface area contributed by atoms with Gasteiger partial charge in [-0.1, -0.05) is 12.1 Å². The van der Waals surface area contributed by atoms with Crippen LogP contribution in [0.25, 0.3) is 0 Å². The molecule has 29 heavy (non-hydrogen) atoms. The van der Waals surface area contributed by atoms with Crippen molar-refractivity contribution in [2.45, 2.75) is 25.4 Å². The van der Waals surface area contributed by atoms with E-state index in [1.54, 1.807) is 24.3 Å². The minimum Gasteiger partial charge on any atom is -0.497 e. The molecule has 2 aliphatic rings. The van der Waals surface area contributed by atoms with Gasteiger partial charge in [0.05, 0.1) is 18.6 Å². The second kappa shape index (κ2) is 7.87. The molecule has 2 amide bonds. The number of likely N-dealkylation sites (tertiary alicyclic amines) is 2. The molecule has 0 unspecified atom stereocenters. The number of aromatic nitrogens is 2. The zero-order chi connectivity index (χ0) is 20.4. The number of aliphatic hydroxyl groups excluding tert-OH is 1. The molecule has 3 heterocycles. The van der Waals surface area contributed by atoms with Gasteiger partial charge >= 0.3 is 0 Å². The first-order valence-electron chi connectivity index (χ1n) is 9.90. The fraction of sp³-hybridized carbons (Fsp3) is 0.476. The average molecular weight is 398 g/mol. The summed E-state index contributed by atoms with van der Waals surface area (Å²) in [4.78, 5) is 29.6. The number of hydrogen-bond donors (Lipinski definition) is 2. The van der Waals surface area contributed by atoms with E-state index in [9.17, 15) is 14.7 Å². The van der Waals surface area contributed by atoms with E-state index in [-0.39, 0.29) is 17.9 Å². The van der Waals surface area contributed by atoms with Crippen LogP contribution in [0.4, 0.5) is 0 Å². The van der Waals surface area contributed by atoms with Crippen molar-refractivity contribution in [1.82, 2.24) is 20.0 Å². The van der Waals surface area contributed by atoms with Gasteiger partial charge in [-0.05, 0) is 43.0 Å². The molecule has 0 aliphatic carbocycles. The molecule has 2 aliphatic heterocycles. The quantitative estimate of drug-likeness (QED) is 0.786. The van der Waals surface area contributed by atoms with Gasteiger partial charge < -0.3 is 19.6 Å². The van der Waals surface area contributed by atoms with Crippen molar-refractivity contribution in [3.8, 4) is 5.75 Å². The molecule has 2 aromatic rings. The first kappa shape index (κ1) is 19.4. The fourth-order valence-electron chi connectivity index (χ4n) is 4.27. The Kier molecular flexibility index (Phi) is 5.27. The number of H-pyrrole nitrogens is 1. The number of methoxy groups -OCH3 is 1. The van der Waals surface area contributed by atoms with E-state index in [0.717, 1.165) is 11.3 Å². The number of nitrogens with one attached hydrogen (secondary N) is 1. The van der Waals surface area contributed by atoms with Gasteiger partial charge in [0.1, 0.15) is 11.4 Å². The third kappa shape index (κ3) is 3.85. The van der Waals surface area contributed by atoms with Crippen LogP contribution < -0.4 is 4.74 Å². The maximum atomic E-state index is 13.5. The lowest BCUT2D eigenvalue weighted by atomic mass is 9.73. The third-order valence-electron chi connectivity index (χ3n) is 5.89. The Bertz CT molecular complexity index is 869. The van der Waals surface area contributed by atoms with E-state index in [1.165, 1.54) is 0 Å². The van der Waals surface area contributed by atoms with Crippen molar-refractivity contribution in [1.29, 1.82) is 0 Å². The summed E-state index contributed by atoms with van der Waals surface area (Å²) < 4.78 is 5.32. The lowest BCUT2D eigenvalue weighted by Gasteiger charge is -2.51. The van der Waals surface area contributed by atoms with Crippen molar-refractivity contribution < 1.29 is 19.4 Å². The first-order valence-corrected chi connectivity index (χ1v) is 9.90. The number of carbonyl (C=O) groups excluding carboxylic acids is 2. The Morgan fingerprint density at radius 2 is 2.00 bits per heavy atom. The van der Waals surface area contributed by atoms with Gasteiger partial charge in [0.15, 0.2) is 0 Å². The number of amides is 2. The van der Waals surface area contributed by atoms with Crippen LogP contribution in [-0.4, -0.2) is 76.3 Å². The number of carbonyl (C=O) groups is 2. The van der Waals surface area contributed by atoms with Crippen LogP contribution in [-0.2, 0) is 11.2 Å². The van der Waals surface area contributed by atoms with Gasteiger partial charge in [-0.2, -0.15) is 5.10 Å². The van der Waals surface area contributed by atoms with Gasteiger partial charge in [-0.15, -0.1) is 0 Å². The smallest absolute Gasteiger partial charge is 0.271 e. The Morgan fingerprint density at radius 1 is 1.24 bits per heavy atom. The lowest BCUT2D eigenvalue weighted by Crippen LogP contribution is -2.66. The normalized spacial score (nSPS) is 19.0. The Morgan fingerprint density at radius 3 is 2.66 bits per heavy atom. The number of rotatable bonds is 5. The second-order valence-electron chi connectivity index (χ2n) is 7.96. The predicted molar refractivity (Wildman–Crippen MR) is 105 cm³/mol. The van der Waals surface area contributed by atoms with E-state index in [0.29, 0.717) is 51.1 Å². The molecule has 1 aromatic carbocycles. The van der Waals surface area contributed by atoms with Crippen molar-refractivity contribution in [3.63, 3.8) is 0 Å². The highest BCUT2D eigenvalue weighted by Crippen LogP contribution is 2.38. The highest BCUT2D eigenvalue weighted by molar-refractivity contribution is 5.95. The van der Waals surface area contributed by atoms with Gasteiger partial charge in [-0.3, -0.25) is 14.7 Å². The SMILES string of the molecule is COc1cccc(CC2(C(=O)N3CCC(O)CC3)CN(C(=O)c3ccn[nH]3)C2)c1. The summed E-state index contributed by atoms with van der Waals surface area (Å²) >= 11 is 0. The van der Waals surface area contributed by atoms with Gasteiger partial charge in [0.2, 0.25) is 5.91 Å². The molecule has 0 saturated carbocycles. The van der Waals surface area contributed by atoms with Crippen LogP contribution in [0.2, 0.25) is 0 Å². The molecule has 2 saturated heterocycles. The molecule has 2 fully saturated rings. The van der Waals surface area contributed by atoms with Crippen molar-refractivity contribution in [2.75, 3.05) is 33.3 Å². The number of aliphatic hydroxyl groups is 1. The summed E-state index contributed by atoms with van der Waals surface area (Å²) in [7, 11) is 1.62. The summed E-state index contributed by atoms with van der Waals surface area (Å²) in [5.74, 6) is 0.655. The zero-order valence-electron chi connectivity index (χ0n) is 16.5. The summed E-state index contributed by atoms with van der Waals surface area (Å²) in [6.45, 7) is 1.82. The second-order valence-corrected chi connectivity index (χ2v) is 7.96. The fourth-order valence-corrected chi connectivity index (χ4v) is 4.27. The minimum absolute atomic E-state index is 0.0564. The monoisotopic (exact) mass is 398 g/mol. The molecule has 8 nitrogen and oxygen atoms in total. The molecule has 0 radical (unpaired) electrons. The summed E-state index contributed by atoms with van der Waals surface area (Å²) in [5.41, 5.74) is 0.765. The van der Waals surface area contributed by atoms with Crippen LogP contribution >= 0.6 is 0 Å². The van der Waals surface area contributed by atoms with Crippen LogP contribution in [0.5, 0.6) is 5.75 Å². The molecule has 4 rings (SSSR count). The number of hydrogen-bond acceptors (Lipinski definition) is 5. The van der Waals surface area contributed by atoms with Gasteiger partial charge in [0.25, 0.3) is 5.91 Å². The topological polar surface area (TPSA) is 98.8 Å². The number of ether oxygens (including phenoxy) is 1. The van der Waals surface area contributed by atoms with E-state index in [1.807, 2.05) is 29.2 Å². The predicted octanol–water partition coefficient (Wildman–Crippen LogP) is 1.09. The van der Waals surface area contributed by atoms with Gasteiger partial charge in [-0.25, -0.2) is 0 Å². The van der Waals surface area contributed by atoms with Crippen LogP contribution in [0, 0.1) is 5.41 Å². The molecular formula is C21H26N4O4. The van der Waals surface area contributed by atoms with Crippen molar-refractivity contribution in [3.05, 3.63) is 47.8 Å². The zero-order valence-corrected chi connectivity index (χ0v) is 16.5. The summed E-state index contributed by atoms with van der Waals surface area (Å²) in [5, 5.41) is 16.3. The first-order chi connectivity index (χ1) is 14.0. The molecule has 154 valence electrons. The van der Waals surface area contributed by atoms with E-state index in [4.69, 9.17) is 4.74 Å². The minimum atomic E-state index is -0.662. The van der Waals surface area contributed by atoms with E-state index >= 15 is 0 Å². The Labute approximate surface area is 169 Å². The summed E-state index contributed by atoms with van der Waals surface area (Å²) in [6.07, 6.45) is 2.93. The molecule has 0 spiro atoms. The standard InChI is InChI=1S/C21H26N4O4/c1-29-17-4-2-3-15(11-17)12-21(20(28)24-9-6-16(26)7-10-24)13-25(14-21)19(27)18-5-8-22-23-18/h2-5,8,11,16,26H,6-7,9-10,12-14H2,1H3,(H,22,23). The number of benzene rings is 1. The van der Waals surface area contributed by atoms with E-state index in [2.05, 4.69) is 10.2 Å². The number of nitrogens with zero attached hydrogens (tertiary/aromatic N) is 3. The Hall–Kier alpha value is -2.87. The highest BCUT2D eigenvalue weighted by Gasteiger charge is 2.53. The summed E-state index contributed by atoms with van der Waals surface area (Å²) in [6, 6.07) is 9.35. The highest BCUT2D eigenvalue weighted by atomic mass is 16.5. The van der Waals surface area contributed by atoms with Crippen molar-refractivity contribution >= 4 is 11.8 Å². The molecular weight excluding hydrogens is 372 g/mol. The maximum Gasteiger partial charge on any atom is 0.271 e. The average Bonchev–Trinajstić information content (AvgIpc) is 3.25. The van der Waals surface area contributed by atoms with Crippen LogP contribution in [0.15, 0.2) is 36.5 Å². The van der Waals surface area contributed by atoms with Crippen molar-refractivity contribution in [2.24, 2.45) is 5.41 Å². The van der Waals surface area contributed by atoms with Gasteiger partial charge in [0, 0.05) is 32.4 Å². The molecule has 8 heteroatoms. The third-order valence-corrected chi connectivity index (χ3v) is 5.89. The maximum absolute atomic E-state index is 13.5. The molecule has 0 atom stereocenters. The molecule has 1 aromatic heterocycles.